The van der Waals surface area contributed by atoms with E-state index in [4.69, 9.17) is 0 Å². The topological polar surface area (TPSA) is 64.0 Å². The van der Waals surface area contributed by atoms with Crippen LogP contribution in [0.1, 0.15) is 16.1 Å². The summed E-state index contributed by atoms with van der Waals surface area (Å²) in [6.45, 7) is 0.307. The molecule has 1 amide bonds. The monoisotopic (exact) mass is 381 g/mol. The Bertz CT molecular complexity index is 1190. The van der Waals surface area contributed by atoms with Gasteiger partial charge in [0, 0.05) is 17.3 Å². The summed E-state index contributed by atoms with van der Waals surface area (Å²) in [6.07, 6.45) is 0. The van der Waals surface area contributed by atoms with E-state index in [0.29, 0.717) is 12.2 Å². The maximum Gasteiger partial charge on any atom is 0.276 e. The second-order valence-corrected chi connectivity index (χ2v) is 6.57. The molecule has 0 unspecified atom stereocenters. The molecule has 0 aliphatic heterocycles. The highest BCUT2D eigenvalue weighted by Gasteiger charge is 2.13. The third kappa shape index (κ3) is 4.30. The molecule has 4 aromatic rings. The van der Waals surface area contributed by atoms with Crippen LogP contribution in [0, 0.1) is 0 Å². The minimum Gasteiger partial charge on any atom is -0.320 e. The summed E-state index contributed by atoms with van der Waals surface area (Å²) >= 11 is 0. The fourth-order valence-corrected chi connectivity index (χ4v) is 3.09. The molecule has 0 spiro atoms. The standard InChI is InChI=1S/C24H19N3O2/c28-23-16-15-22(26-27(23)17-18-9-3-1-4-10-18)24(29)25-21-14-8-7-13-20(21)19-11-5-2-6-12-19/h1-16H,17H2,(H,25,29). The van der Waals surface area contributed by atoms with E-state index >= 15 is 0 Å². The molecule has 0 bridgehead atoms. The molecule has 0 radical (unpaired) electrons. The number of anilines is 1. The molecular formula is C24H19N3O2. The van der Waals surface area contributed by atoms with Gasteiger partial charge >= 0.3 is 0 Å². The number of aromatic nitrogens is 2. The molecule has 0 saturated heterocycles. The van der Waals surface area contributed by atoms with Gasteiger partial charge in [0.05, 0.1) is 6.54 Å². The van der Waals surface area contributed by atoms with Crippen molar-refractivity contribution in [3.63, 3.8) is 0 Å². The summed E-state index contributed by atoms with van der Waals surface area (Å²) < 4.78 is 1.30. The molecule has 29 heavy (non-hydrogen) atoms. The molecule has 0 atom stereocenters. The van der Waals surface area contributed by atoms with Crippen LogP contribution >= 0.6 is 0 Å². The van der Waals surface area contributed by atoms with Gasteiger partial charge in [-0.2, -0.15) is 5.10 Å². The van der Waals surface area contributed by atoms with Gasteiger partial charge in [-0.1, -0.05) is 78.9 Å². The van der Waals surface area contributed by atoms with Gasteiger partial charge in [-0.25, -0.2) is 4.68 Å². The molecule has 0 fully saturated rings. The van der Waals surface area contributed by atoms with E-state index < -0.39 is 0 Å². The van der Waals surface area contributed by atoms with Gasteiger partial charge < -0.3 is 5.32 Å². The first-order chi connectivity index (χ1) is 14.2. The quantitative estimate of drug-likeness (QED) is 0.563. The molecule has 0 saturated carbocycles. The molecule has 142 valence electrons. The Morgan fingerprint density at radius 2 is 1.45 bits per heavy atom. The Morgan fingerprint density at radius 1 is 0.793 bits per heavy atom. The molecule has 0 aliphatic carbocycles. The average molecular weight is 381 g/mol. The first kappa shape index (κ1) is 18.4. The summed E-state index contributed by atoms with van der Waals surface area (Å²) in [7, 11) is 0. The smallest absolute Gasteiger partial charge is 0.276 e. The van der Waals surface area contributed by atoms with E-state index in [-0.39, 0.29) is 17.2 Å². The third-order valence-electron chi connectivity index (χ3n) is 4.53. The van der Waals surface area contributed by atoms with E-state index in [0.717, 1.165) is 16.7 Å². The van der Waals surface area contributed by atoms with E-state index in [1.165, 1.54) is 16.8 Å². The molecule has 1 aromatic heterocycles. The summed E-state index contributed by atoms with van der Waals surface area (Å²) in [6, 6.07) is 29.8. The van der Waals surface area contributed by atoms with Crippen molar-refractivity contribution in [2.75, 3.05) is 5.32 Å². The molecule has 1 N–H and O–H groups in total. The van der Waals surface area contributed by atoms with Gasteiger partial charge in [-0.15, -0.1) is 0 Å². The molecule has 0 aliphatic rings. The Kier molecular flexibility index (Phi) is 5.29. The summed E-state index contributed by atoms with van der Waals surface area (Å²) in [5.74, 6) is -0.366. The van der Waals surface area contributed by atoms with Crippen LogP contribution in [-0.2, 0) is 6.54 Å². The SMILES string of the molecule is O=C(Nc1ccccc1-c1ccccc1)c1ccc(=O)n(Cc2ccccc2)n1. The van der Waals surface area contributed by atoms with Gasteiger partial charge in [0.2, 0.25) is 0 Å². The lowest BCUT2D eigenvalue weighted by molar-refractivity contribution is 0.102. The number of nitrogens with zero attached hydrogens (tertiary/aromatic N) is 2. The normalized spacial score (nSPS) is 10.5. The van der Waals surface area contributed by atoms with Crippen molar-refractivity contribution < 1.29 is 4.79 Å². The van der Waals surface area contributed by atoms with Crippen LogP contribution < -0.4 is 10.9 Å². The lowest BCUT2D eigenvalue weighted by atomic mass is 10.0. The number of para-hydroxylation sites is 1. The summed E-state index contributed by atoms with van der Waals surface area (Å²) in [4.78, 5) is 25.0. The fourth-order valence-electron chi connectivity index (χ4n) is 3.09. The Balaban J connectivity index is 1.60. The highest BCUT2D eigenvalue weighted by Crippen LogP contribution is 2.27. The second-order valence-electron chi connectivity index (χ2n) is 6.57. The van der Waals surface area contributed by atoms with Gasteiger partial charge in [-0.05, 0) is 23.3 Å². The largest absolute Gasteiger partial charge is 0.320 e. The Hall–Kier alpha value is -3.99. The van der Waals surface area contributed by atoms with Gasteiger partial charge in [0.1, 0.15) is 5.69 Å². The van der Waals surface area contributed by atoms with Gasteiger partial charge in [0.15, 0.2) is 0 Å². The van der Waals surface area contributed by atoms with Crippen molar-refractivity contribution >= 4 is 11.6 Å². The zero-order valence-electron chi connectivity index (χ0n) is 15.7. The molecule has 1 heterocycles. The maximum absolute atomic E-state index is 12.8. The lowest BCUT2D eigenvalue weighted by Crippen LogP contribution is -2.26. The van der Waals surface area contributed by atoms with Crippen LogP contribution in [0.5, 0.6) is 0 Å². The first-order valence-electron chi connectivity index (χ1n) is 9.28. The highest BCUT2D eigenvalue weighted by atomic mass is 16.2. The van der Waals surface area contributed by atoms with Crippen LogP contribution in [0.3, 0.4) is 0 Å². The molecule has 5 nitrogen and oxygen atoms in total. The van der Waals surface area contributed by atoms with E-state index in [1.54, 1.807) is 0 Å². The van der Waals surface area contributed by atoms with E-state index in [9.17, 15) is 9.59 Å². The van der Waals surface area contributed by atoms with Gasteiger partial charge in [0.25, 0.3) is 11.5 Å². The number of benzene rings is 3. The predicted molar refractivity (Wildman–Crippen MR) is 114 cm³/mol. The van der Waals surface area contributed by atoms with E-state index in [2.05, 4.69) is 10.4 Å². The number of rotatable bonds is 5. The van der Waals surface area contributed by atoms with Gasteiger partial charge in [-0.3, -0.25) is 9.59 Å². The number of carbonyl (C=O) groups is 1. The fraction of sp³-hybridized carbons (Fsp3) is 0.0417. The minimum absolute atomic E-state index is 0.184. The molecular weight excluding hydrogens is 362 g/mol. The van der Waals surface area contributed by atoms with E-state index in [1.807, 2.05) is 84.9 Å². The van der Waals surface area contributed by atoms with Crippen molar-refractivity contribution in [3.8, 4) is 11.1 Å². The second kappa shape index (κ2) is 8.35. The number of hydrogen-bond acceptors (Lipinski definition) is 3. The highest BCUT2D eigenvalue weighted by molar-refractivity contribution is 6.04. The zero-order chi connectivity index (χ0) is 20.1. The van der Waals surface area contributed by atoms with Crippen LogP contribution in [0.25, 0.3) is 11.1 Å². The molecule has 5 heteroatoms. The van der Waals surface area contributed by atoms with Crippen LogP contribution in [-0.4, -0.2) is 15.7 Å². The summed E-state index contributed by atoms with van der Waals surface area (Å²) in [5.41, 5.74) is 3.48. The zero-order valence-corrected chi connectivity index (χ0v) is 15.7. The molecule has 4 rings (SSSR count). The molecule has 3 aromatic carbocycles. The van der Waals surface area contributed by atoms with Crippen LogP contribution in [0.2, 0.25) is 0 Å². The Labute approximate surface area is 168 Å². The third-order valence-corrected chi connectivity index (χ3v) is 4.53. The summed E-state index contributed by atoms with van der Waals surface area (Å²) in [5, 5.41) is 7.18. The number of carbonyl (C=O) groups excluding carboxylic acids is 1. The number of hydrogen-bond donors (Lipinski definition) is 1. The first-order valence-corrected chi connectivity index (χ1v) is 9.28. The van der Waals surface area contributed by atoms with Crippen molar-refractivity contribution in [1.29, 1.82) is 0 Å². The predicted octanol–water partition coefficient (Wildman–Crippen LogP) is 4.21. The van der Waals surface area contributed by atoms with Crippen molar-refractivity contribution in [2.24, 2.45) is 0 Å². The van der Waals surface area contributed by atoms with Crippen LogP contribution in [0.4, 0.5) is 5.69 Å². The average Bonchev–Trinajstić information content (AvgIpc) is 2.77. The van der Waals surface area contributed by atoms with Crippen LogP contribution in [0.15, 0.2) is 102 Å². The maximum atomic E-state index is 12.8. The number of amides is 1. The Morgan fingerprint density at radius 3 is 2.21 bits per heavy atom. The van der Waals surface area contributed by atoms with Crippen molar-refractivity contribution in [1.82, 2.24) is 9.78 Å². The van der Waals surface area contributed by atoms with Crippen molar-refractivity contribution in [3.05, 3.63) is 119 Å². The minimum atomic E-state index is -0.366. The van der Waals surface area contributed by atoms with Crippen molar-refractivity contribution in [2.45, 2.75) is 6.54 Å². The number of nitrogens with one attached hydrogen (secondary N) is 1. The lowest BCUT2D eigenvalue weighted by Gasteiger charge is -2.12.